The first kappa shape index (κ1) is 19.0. The lowest BCUT2D eigenvalue weighted by Gasteiger charge is -2.14. The van der Waals surface area contributed by atoms with E-state index in [0.717, 1.165) is 23.1 Å². The van der Waals surface area contributed by atoms with Crippen LogP contribution in [0.15, 0.2) is 0 Å². The van der Waals surface area contributed by atoms with Gasteiger partial charge in [0.15, 0.2) is 0 Å². The van der Waals surface area contributed by atoms with Crippen molar-refractivity contribution in [2.24, 2.45) is 0 Å². The van der Waals surface area contributed by atoms with Gasteiger partial charge in [0.1, 0.15) is 10.0 Å². The highest BCUT2D eigenvalue weighted by molar-refractivity contribution is 7.10. The zero-order chi connectivity index (χ0) is 18.2. The smallest absolute Gasteiger partial charge is 0.362 e. The summed E-state index contributed by atoms with van der Waals surface area (Å²) >= 11 is 2.14. The first-order valence-corrected chi connectivity index (χ1v) is 9.10. The van der Waals surface area contributed by atoms with Crippen molar-refractivity contribution in [3.63, 3.8) is 0 Å². The van der Waals surface area contributed by atoms with Gasteiger partial charge in [0, 0.05) is 35.7 Å². The molecule has 2 heterocycles. The normalized spacial score (nSPS) is 11.6. The average Bonchev–Trinajstić information content (AvgIpc) is 3.22. The number of hydrogen-bond donors (Lipinski definition) is 2. The number of anilines is 2. The van der Waals surface area contributed by atoms with Crippen LogP contribution >= 0.6 is 23.1 Å². The van der Waals surface area contributed by atoms with Gasteiger partial charge in [-0.05, 0) is 20.8 Å². The summed E-state index contributed by atoms with van der Waals surface area (Å²) in [6.45, 7) is 6.34. The standard InChI is InChI=1S/C13H18N6O4S2/c1-4-22-12(20)8-10(24-18-16-8)14-6-7(3)15-11-9(17-19-25-11)13(21)23-5-2/h7,14-15H,4-6H2,1-3H3. The summed E-state index contributed by atoms with van der Waals surface area (Å²) in [5.41, 5.74) is 0.316. The first-order chi connectivity index (χ1) is 12.1. The molecular formula is C13H18N6O4S2. The molecule has 0 aliphatic heterocycles. The SMILES string of the molecule is CCOC(=O)c1nnsc1NCC(C)Nc1snnc1C(=O)OCC. The van der Waals surface area contributed by atoms with Crippen LogP contribution in [0.25, 0.3) is 0 Å². The lowest BCUT2D eigenvalue weighted by molar-refractivity contribution is 0.0511. The summed E-state index contributed by atoms with van der Waals surface area (Å²) in [6.07, 6.45) is 0. The van der Waals surface area contributed by atoms with E-state index in [4.69, 9.17) is 9.47 Å². The Morgan fingerprint density at radius 1 is 1.00 bits per heavy atom. The zero-order valence-corrected chi connectivity index (χ0v) is 15.6. The Labute approximate surface area is 152 Å². The van der Waals surface area contributed by atoms with Gasteiger partial charge in [0.25, 0.3) is 0 Å². The number of rotatable bonds is 9. The Hall–Kier alpha value is -2.34. The molecule has 2 aromatic heterocycles. The van der Waals surface area contributed by atoms with E-state index in [-0.39, 0.29) is 30.6 Å². The van der Waals surface area contributed by atoms with Crippen LogP contribution < -0.4 is 10.6 Å². The number of ether oxygens (including phenoxy) is 2. The van der Waals surface area contributed by atoms with Gasteiger partial charge in [-0.25, -0.2) is 9.59 Å². The van der Waals surface area contributed by atoms with E-state index < -0.39 is 11.9 Å². The van der Waals surface area contributed by atoms with Crippen molar-refractivity contribution in [2.45, 2.75) is 26.8 Å². The predicted molar refractivity (Wildman–Crippen MR) is 93.3 cm³/mol. The maximum Gasteiger partial charge on any atom is 0.362 e. The number of hydrogen-bond acceptors (Lipinski definition) is 12. The number of esters is 2. The van der Waals surface area contributed by atoms with Crippen LogP contribution in [0.2, 0.25) is 0 Å². The fraction of sp³-hybridized carbons (Fsp3) is 0.538. The minimum absolute atomic E-state index is 0.0902. The predicted octanol–water partition coefficient (Wildman–Crippen LogP) is 1.66. The molecule has 10 nitrogen and oxygen atoms in total. The lowest BCUT2D eigenvalue weighted by Crippen LogP contribution is -2.26. The Bertz CT molecular complexity index is 719. The Morgan fingerprint density at radius 3 is 2.08 bits per heavy atom. The van der Waals surface area contributed by atoms with Gasteiger partial charge in [0.05, 0.1) is 13.2 Å². The molecule has 25 heavy (non-hydrogen) atoms. The van der Waals surface area contributed by atoms with E-state index in [1.807, 2.05) is 6.92 Å². The van der Waals surface area contributed by atoms with Crippen LogP contribution in [0.4, 0.5) is 10.0 Å². The summed E-state index contributed by atoms with van der Waals surface area (Å²) in [6, 6.07) is -0.0902. The van der Waals surface area contributed by atoms with E-state index in [1.54, 1.807) is 13.8 Å². The van der Waals surface area contributed by atoms with Crippen molar-refractivity contribution in [1.82, 2.24) is 19.2 Å². The summed E-state index contributed by atoms with van der Waals surface area (Å²) in [7, 11) is 0. The van der Waals surface area contributed by atoms with Crippen LogP contribution in [0, 0.1) is 0 Å². The average molecular weight is 386 g/mol. The van der Waals surface area contributed by atoms with Crippen LogP contribution in [-0.2, 0) is 9.47 Å². The molecule has 136 valence electrons. The highest BCUT2D eigenvalue weighted by Crippen LogP contribution is 2.21. The highest BCUT2D eigenvalue weighted by atomic mass is 32.1. The molecule has 2 aromatic rings. The van der Waals surface area contributed by atoms with E-state index in [0.29, 0.717) is 16.5 Å². The zero-order valence-electron chi connectivity index (χ0n) is 13.9. The fourth-order valence-electron chi connectivity index (χ4n) is 1.78. The van der Waals surface area contributed by atoms with Gasteiger partial charge < -0.3 is 20.1 Å². The molecule has 0 radical (unpaired) electrons. The quantitative estimate of drug-likeness (QED) is 0.614. The first-order valence-electron chi connectivity index (χ1n) is 7.56. The van der Waals surface area contributed by atoms with Crippen molar-refractivity contribution < 1.29 is 19.1 Å². The molecular weight excluding hydrogens is 368 g/mol. The van der Waals surface area contributed by atoms with Crippen LogP contribution in [0.5, 0.6) is 0 Å². The van der Waals surface area contributed by atoms with E-state index in [9.17, 15) is 9.59 Å². The third-order valence-corrected chi connectivity index (χ3v) is 4.20. The van der Waals surface area contributed by atoms with Crippen LogP contribution in [0.3, 0.4) is 0 Å². The molecule has 12 heteroatoms. The number of nitrogens with zero attached hydrogens (tertiary/aromatic N) is 4. The van der Waals surface area contributed by atoms with Crippen molar-refractivity contribution in [3.8, 4) is 0 Å². The molecule has 0 amide bonds. The second-order valence-electron chi connectivity index (χ2n) is 4.77. The molecule has 2 rings (SSSR count). The van der Waals surface area contributed by atoms with Crippen LogP contribution in [0.1, 0.15) is 41.7 Å². The molecule has 1 unspecified atom stereocenters. The van der Waals surface area contributed by atoms with Crippen molar-refractivity contribution in [1.29, 1.82) is 0 Å². The molecule has 1 atom stereocenters. The molecule has 0 aliphatic carbocycles. The van der Waals surface area contributed by atoms with Crippen molar-refractivity contribution in [3.05, 3.63) is 11.4 Å². The molecule has 0 bridgehead atoms. The van der Waals surface area contributed by atoms with Crippen molar-refractivity contribution >= 4 is 45.0 Å². The Morgan fingerprint density at radius 2 is 1.52 bits per heavy atom. The topological polar surface area (TPSA) is 128 Å². The monoisotopic (exact) mass is 386 g/mol. The molecule has 0 saturated heterocycles. The van der Waals surface area contributed by atoms with Gasteiger partial charge in [0.2, 0.25) is 11.4 Å². The maximum atomic E-state index is 11.8. The summed E-state index contributed by atoms with van der Waals surface area (Å²) in [5.74, 6) is -1.04. The number of aromatic nitrogens is 4. The van der Waals surface area contributed by atoms with E-state index in [1.165, 1.54) is 0 Å². The van der Waals surface area contributed by atoms with Gasteiger partial charge in [-0.15, -0.1) is 10.2 Å². The molecule has 0 spiro atoms. The summed E-state index contributed by atoms with van der Waals surface area (Å²) in [5, 5.41) is 14.9. The number of nitrogens with one attached hydrogen (secondary N) is 2. The number of carbonyl (C=O) groups excluding carboxylic acids is 2. The molecule has 2 N–H and O–H groups in total. The van der Waals surface area contributed by atoms with Gasteiger partial charge in [-0.1, -0.05) is 8.98 Å². The fourth-order valence-corrected chi connectivity index (χ4v) is 3.01. The molecule has 0 saturated carbocycles. The lowest BCUT2D eigenvalue weighted by atomic mass is 10.3. The second kappa shape index (κ2) is 9.22. The molecule has 0 fully saturated rings. The third kappa shape index (κ3) is 5.06. The van der Waals surface area contributed by atoms with E-state index >= 15 is 0 Å². The Kier molecular flexibility index (Phi) is 7.01. The minimum Gasteiger partial charge on any atom is -0.461 e. The minimum atomic E-state index is -0.518. The largest absolute Gasteiger partial charge is 0.461 e. The molecule has 0 aliphatic rings. The highest BCUT2D eigenvalue weighted by Gasteiger charge is 2.20. The number of carbonyl (C=O) groups is 2. The van der Waals surface area contributed by atoms with Crippen LogP contribution in [-0.4, -0.2) is 56.9 Å². The molecule has 0 aromatic carbocycles. The van der Waals surface area contributed by atoms with E-state index in [2.05, 4.69) is 29.8 Å². The van der Waals surface area contributed by atoms with Crippen molar-refractivity contribution in [2.75, 3.05) is 30.4 Å². The summed E-state index contributed by atoms with van der Waals surface area (Å²) in [4.78, 5) is 23.6. The third-order valence-electron chi connectivity index (χ3n) is 2.86. The Balaban J connectivity index is 1.93. The van der Waals surface area contributed by atoms with Gasteiger partial charge >= 0.3 is 11.9 Å². The second-order valence-corrected chi connectivity index (χ2v) is 6.28. The maximum absolute atomic E-state index is 11.8. The van der Waals surface area contributed by atoms with Gasteiger partial charge in [-0.2, -0.15) is 0 Å². The van der Waals surface area contributed by atoms with Gasteiger partial charge in [-0.3, -0.25) is 0 Å². The summed E-state index contributed by atoms with van der Waals surface area (Å²) < 4.78 is 17.4.